The van der Waals surface area contributed by atoms with Crippen molar-refractivity contribution >= 4 is 39.4 Å². The summed E-state index contributed by atoms with van der Waals surface area (Å²) in [5, 5.41) is 49.5. The first-order valence-electron chi connectivity index (χ1n) is 13.8. The number of hydrogen-bond acceptors (Lipinski definition) is 9. The maximum atomic E-state index is 12.5. The van der Waals surface area contributed by atoms with E-state index in [1.54, 1.807) is 24.3 Å². The Bertz CT molecular complexity index is 2410. The number of aromatic hydroxyl groups is 4. The molecule has 0 saturated carbocycles. The lowest BCUT2D eigenvalue weighted by Gasteiger charge is -2.12. The molecule has 0 atom stereocenters. The molecule has 2 heterocycles. The first-order valence-corrected chi connectivity index (χ1v) is 13.8. The molecule has 0 amide bonds. The van der Waals surface area contributed by atoms with E-state index in [2.05, 4.69) is 16.3 Å². The number of fused-ring (bicyclic) bond motifs is 2. The fourth-order valence-electron chi connectivity index (χ4n) is 5.18. The minimum Gasteiger partial charge on any atom is -0.508 e. The van der Waals surface area contributed by atoms with Crippen LogP contribution < -0.4 is 11.3 Å². The summed E-state index contributed by atoms with van der Waals surface area (Å²) in [6, 6.07) is 17.3. The molecule has 0 aliphatic rings. The molecule has 0 aliphatic carbocycles. The highest BCUT2D eigenvalue weighted by molar-refractivity contribution is 5.95. The molecule has 0 bridgehead atoms. The van der Waals surface area contributed by atoms with Gasteiger partial charge in [0.15, 0.2) is 11.4 Å². The largest absolute Gasteiger partial charge is 0.508 e. The zero-order valence-electron chi connectivity index (χ0n) is 24.4. The molecule has 2 aromatic heterocycles. The Morgan fingerprint density at radius 1 is 0.681 bits per heavy atom. The number of hydrogen-bond donors (Lipinski definition) is 5. The van der Waals surface area contributed by atoms with E-state index in [1.807, 2.05) is 0 Å². The molecule has 0 radical (unpaired) electrons. The van der Waals surface area contributed by atoms with E-state index < -0.39 is 11.3 Å². The molecular weight excluding hydrogens is 604 g/mol. The summed E-state index contributed by atoms with van der Waals surface area (Å²) in [4.78, 5) is 31.5. The number of rotatable bonds is 5. The van der Waals surface area contributed by atoms with Crippen molar-refractivity contribution in [1.29, 1.82) is 0 Å². The molecule has 5 N–H and O–H groups in total. The molecule has 0 saturated heterocycles. The topological polar surface area (TPSA) is 170 Å². The quantitative estimate of drug-likeness (QED) is 0.0994. The second kappa shape index (κ2) is 13.0. The fourth-order valence-corrected chi connectivity index (χ4v) is 5.18. The number of benzene rings is 4. The zero-order valence-corrected chi connectivity index (χ0v) is 24.4. The van der Waals surface area contributed by atoms with Crippen LogP contribution in [0.15, 0.2) is 97.8 Å². The van der Waals surface area contributed by atoms with Crippen LogP contribution in [0.25, 0.3) is 60.0 Å². The van der Waals surface area contributed by atoms with Crippen molar-refractivity contribution in [2.45, 2.75) is 6.42 Å². The van der Waals surface area contributed by atoms with Gasteiger partial charge in [-0.05, 0) is 53.9 Å². The SMILES string of the molecule is [C-]#[N+]c1ccc2c(C=C)c(-c3ccc(O)cc3O)c(=O)oc2c1.[C-]#[N+]c1ccc2c(CCO)c(-c3ccc(O)cc3O)c(=O)oc2c1. The molecule has 0 fully saturated rings. The van der Waals surface area contributed by atoms with Crippen molar-refractivity contribution in [3.05, 3.63) is 134 Å². The maximum absolute atomic E-state index is 12.5. The highest BCUT2D eigenvalue weighted by atomic mass is 16.4. The molecule has 0 aliphatic heterocycles. The Morgan fingerprint density at radius 2 is 1.17 bits per heavy atom. The van der Waals surface area contributed by atoms with E-state index in [-0.39, 0.29) is 69.4 Å². The molecule has 4 aromatic carbocycles. The van der Waals surface area contributed by atoms with Crippen molar-refractivity contribution < 1.29 is 34.4 Å². The predicted molar refractivity (Wildman–Crippen MR) is 176 cm³/mol. The number of aliphatic hydroxyl groups is 1. The first-order chi connectivity index (χ1) is 22.6. The van der Waals surface area contributed by atoms with Gasteiger partial charge < -0.3 is 34.4 Å². The monoisotopic (exact) mass is 628 g/mol. The molecule has 0 spiro atoms. The van der Waals surface area contributed by atoms with Crippen LogP contribution >= 0.6 is 0 Å². The highest BCUT2D eigenvalue weighted by Crippen LogP contribution is 2.37. The molecule has 6 aromatic rings. The van der Waals surface area contributed by atoms with Gasteiger partial charge >= 0.3 is 11.3 Å². The van der Waals surface area contributed by atoms with Gasteiger partial charge in [0.1, 0.15) is 34.2 Å². The standard InChI is InChI=1S/C18H13NO5.C18H11NO4/c1-19-10-2-4-12-13(6-7-20)17(18(23)24-16(12)8-10)14-5-3-11(21)9-15(14)22;1-3-12-13-6-4-10(19-2)8-16(13)23-18(22)17(12)14-7-5-11(20)9-15(14)21/h2-5,8-9,20-22H,6-7H2;3-9,20-21H,1H2. The summed E-state index contributed by atoms with van der Waals surface area (Å²) < 4.78 is 10.6. The van der Waals surface area contributed by atoms with Gasteiger partial charge in [-0.25, -0.2) is 19.3 Å². The fraction of sp³-hybridized carbons (Fsp3) is 0.0556. The van der Waals surface area contributed by atoms with Crippen LogP contribution in [0.2, 0.25) is 0 Å². The number of phenolic OH excluding ortho intramolecular Hbond substituents is 4. The summed E-state index contributed by atoms with van der Waals surface area (Å²) in [5.41, 5.74) is 1.62. The molecule has 6 rings (SSSR count). The number of nitrogens with zero attached hydrogens (tertiary/aromatic N) is 2. The van der Waals surface area contributed by atoms with Gasteiger partial charge in [-0.1, -0.05) is 36.9 Å². The van der Waals surface area contributed by atoms with Gasteiger partial charge in [0.05, 0.1) is 24.3 Å². The third-order valence-corrected chi connectivity index (χ3v) is 7.26. The predicted octanol–water partition coefficient (Wildman–Crippen LogP) is 7.02. The Hall–Kier alpha value is -6.82. The Kier molecular flexibility index (Phi) is 8.77. The first kappa shape index (κ1) is 31.6. The van der Waals surface area contributed by atoms with Gasteiger partial charge in [-0.3, -0.25) is 0 Å². The third-order valence-electron chi connectivity index (χ3n) is 7.26. The minimum absolute atomic E-state index is 0.113. The van der Waals surface area contributed by atoms with Crippen molar-refractivity contribution in [3.63, 3.8) is 0 Å². The van der Waals surface area contributed by atoms with Crippen molar-refractivity contribution in [2.24, 2.45) is 0 Å². The van der Waals surface area contributed by atoms with E-state index >= 15 is 0 Å². The molecule has 232 valence electrons. The Balaban J connectivity index is 0.000000185. The van der Waals surface area contributed by atoms with Crippen LogP contribution in [-0.4, -0.2) is 32.1 Å². The Labute approximate surface area is 266 Å². The van der Waals surface area contributed by atoms with Crippen molar-refractivity contribution in [1.82, 2.24) is 0 Å². The van der Waals surface area contributed by atoms with E-state index in [4.69, 9.17) is 22.0 Å². The van der Waals surface area contributed by atoms with Crippen LogP contribution in [0, 0.1) is 13.1 Å². The lowest BCUT2D eigenvalue weighted by molar-refractivity contribution is 0.300. The summed E-state index contributed by atoms with van der Waals surface area (Å²) in [5.74, 6) is -0.749. The second-order valence-corrected chi connectivity index (χ2v) is 10.1. The lowest BCUT2D eigenvalue weighted by atomic mass is 9.95. The third kappa shape index (κ3) is 6.11. The van der Waals surface area contributed by atoms with Gasteiger partial charge in [-0.2, -0.15) is 0 Å². The van der Waals surface area contributed by atoms with E-state index in [1.165, 1.54) is 42.5 Å². The zero-order chi connectivity index (χ0) is 33.8. The highest BCUT2D eigenvalue weighted by Gasteiger charge is 2.20. The number of aliphatic hydroxyl groups excluding tert-OH is 1. The average molecular weight is 629 g/mol. The molecule has 47 heavy (non-hydrogen) atoms. The van der Waals surface area contributed by atoms with E-state index in [0.717, 1.165) is 12.1 Å². The average Bonchev–Trinajstić information content (AvgIpc) is 3.05. The normalized spacial score (nSPS) is 10.5. The molecule has 11 heteroatoms. The van der Waals surface area contributed by atoms with Crippen LogP contribution in [0.1, 0.15) is 11.1 Å². The summed E-state index contributed by atoms with van der Waals surface area (Å²) in [6.45, 7) is 17.6. The van der Waals surface area contributed by atoms with Crippen LogP contribution in [0.4, 0.5) is 11.4 Å². The van der Waals surface area contributed by atoms with Gasteiger partial charge in [-0.15, -0.1) is 0 Å². The van der Waals surface area contributed by atoms with Crippen LogP contribution in [-0.2, 0) is 6.42 Å². The summed E-state index contributed by atoms with van der Waals surface area (Å²) >= 11 is 0. The van der Waals surface area contributed by atoms with Gasteiger partial charge in [0, 0.05) is 40.6 Å². The van der Waals surface area contributed by atoms with E-state index in [0.29, 0.717) is 33.3 Å². The summed E-state index contributed by atoms with van der Waals surface area (Å²) in [7, 11) is 0. The second-order valence-electron chi connectivity index (χ2n) is 10.1. The smallest absolute Gasteiger partial charge is 0.344 e. The van der Waals surface area contributed by atoms with Crippen molar-refractivity contribution in [2.75, 3.05) is 6.61 Å². The minimum atomic E-state index is -0.686. The van der Waals surface area contributed by atoms with E-state index in [9.17, 15) is 35.1 Å². The Morgan fingerprint density at radius 3 is 1.66 bits per heavy atom. The van der Waals surface area contributed by atoms with Crippen LogP contribution in [0.5, 0.6) is 23.0 Å². The van der Waals surface area contributed by atoms with Gasteiger partial charge in [0.2, 0.25) is 0 Å². The molecule has 0 unspecified atom stereocenters. The summed E-state index contributed by atoms with van der Waals surface area (Å²) in [6.07, 6.45) is 1.67. The van der Waals surface area contributed by atoms with Crippen molar-refractivity contribution in [3.8, 4) is 45.3 Å². The number of phenols is 4. The molecule has 11 nitrogen and oxygen atoms in total. The van der Waals surface area contributed by atoms with Crippen LogP contribution in [0.3, 0.4) is 0 Å². The maximum Gasteiger partial charge on any atom is 0.344 e. The molecular formula is C36H24N2O9. The van der Waals surface area contributed by atoms with Gasteiger partial charge in [0.25, 0.3) is 0 Å². The lowest BCUT2D eigenvalue weighted by Crippen LogP contribution is -2.09.